The second-order valence-corrected chi connectivity index (χ2v) is 8.37. The molecule has 1 aliphatic rings. The molecule has 6 heteroatoms. The predicted octanol–water partition coefficient (Wildman–Crippen LogP) is 4.16. The van der Waals surface area contributed by atoms with E-state index in [0.717, 1.165) is 28.9 Å². The summed E-state index contributed by atoms with van der Waals surface area (Å²) in [6, 6.07) is 7.84. The second kappa shape index (κ2) is 9.47. The van der Waals surface area contributed by atoms with E-state index < -0.39 is 0 Å². The molecule has 0 heterocycles. The first-order valence-electron chi connectivity index (χ1n) is 8.34. The lowest BCUT2D eigenvalue weighted by Gasteiger charge is -2.33. The fourth-order valence-corrected chi connectivity index (χ4v) is 4.07. The normalized spacial score (nSPS) is 20.5. The highest BCUT2D eigenvalue weighted by atomic mass is 79.9. The molecular formula is C18H25BrN2O2S. The quantitative estimate of drug-likeness (QED) is 0.762. The Morgan fingerprint density at radius 3 is 2.62 bits per heavy atom. The monoisotopic (exact) mass is 412 g/mol. The number of halogens is 1. The Hall–Kier alpha value is -1.01. The van der Waals surface area contributed by atoms with Crippen LogP contribution in [0.3, 0.4) is 0 Å². The standard InChI is InChI=1S/C18H25BrN2O2S/c1-13-6-8-16(9-7-13)21(2)18(23)12-24-11-17(22)20-15-5-3-4-14(19)10-15/h3-5,10,13,16H,6-9,11-12H2,1-2H3,(H,20,22). The Bertz CT molecular complexity index is 574. The Labute approximate surface area is 156 Å². The lowest BCUT2D eigenvalue weighted by atomic mass is 9.87. The van der Waals surface area contributed by atoms with Crippen molar-refractivity contribution in [3.8, 4) is 0 Å². The molecule has 24 heavy (non-hydrogen) atoms. The first-order valence-corrected chi connectivity index (χ1v) is 10.3. The third-order valence-corrected chi connectivity index (χ3v) is 5.90. The van der Waals surface area contributed by atoms with Gasteiger partial charge in [0.15, 0.2) is 0 Å². The molecule has 0 saturated heterocycles. The number of nitrogens with one attached hydrogen (secondary N) is 1. The van der Waals surface area contributed by atoms with Gasteiger partial charge in [0.25, 0.3) is 0 Å². The molecule has 0 radical (unpaired) electrons. The van der Waals surface area contributed by atoms with Gasteiger partial charge < -0.3 is 10.2 Å². The van der Waals surface area contributed by atoms with Gasteiger partial charge in [-0.25, -0.2) is 0 Å². The number of hydrogen-bond acceptors (Lipinski definition) is 3. The van der Waals surface area contributed by atoms with Gasteiger partial charge in [0, 0.05) is 23.2 Å². The molecule has 1 saturated carbocycles. The maximum Gasteiger partial charge on any atom is 0.234 e. The van der Waals surface area contributed by atoms with Crippen LogP contribution in [-0.2, 0) is 9.59 Å². The minimum absolute atomic E-state index is 0.0833. The number of carbonyl (C=O) groups is 2. The van der Waals surface area contributed by atoms with Gasteiger partial charge in [-0.15, -0.1) is 11.8 Å². The van der Waals surface area contributed by atoms with Crippen molar-refractivity contribution in [3.05, 3.63) is 28.7 Å². The fourth-order valence-electron chi connectivity index (χ4n) is 2.93. The summed E-state index contributed by atoms with van der Waals surface area (Å²) in [5.74, 6) is 1.46. The molecule has 4 nitrogen and oxygen atoms in total. The van der Waals surface area contributed by atoms with Crippen LogP contribution in [0.5, 0.6) is 0 Å². The lowest BCUT2D eigenvalue weighted by Crippen LogP contribution is -2.40. The van der Waals surface area contributed by atoms with Crippen molar-refractivity contribution < 1.29 is 9.59 Å². The third-order valence-electron chi connectivity index (χ3n) is 4.49. The van der Waals surface area contributed by atoms with Crippen LogP contribution in [0.1, 0.15) is 32.6 Å². The van der Waals surface area contributed by atoms with E-state index in [-0.39, 0.29) is 17.6 Å². The van der Waals surface area contributed by atoms with E-state index in [1.54, 1.807) is 0 Å². The lowest BCUT2D eigenvalue weighted by molar-refractivity contribution is -0.129. The summed E-state index contributed by atoms with van der Waals surface area (Å²) in [6.07, 6.45) is 4.59. The van der Waals surface area contributed by atoms with Crippen molar-refractivity contribution >= 4 is 45.2 Å². The van der Waals surface area contributed by atoms with Crippen LogP contribution < -0.4 is 5.32 Å². The summed E-state index contributed by atoms with van der Waals surface area (Å²) >= 11 is 4.75. The number of anilines is 1. The van der Waals surface area contributed by atoms with Crippen molar-refractivity contribution in [2.45, 2.75) is 38.6 Å². The molecule has 0 atom stereocenters. The largest absolute Gasteiger partial charge is 0.342 e. The molecule has 1 aromatic carbocycles. The predicted molar refractivity (Wildman–Crippen MR) is 104 cm³/mol. The summed E-state index contributed by atoms with van der Waals surface area (Å²) in [5.41, 5.74) is 0.759. The van der Waals surface area contributed by atoms with E-state index in [0.29, 0.717) is 11.8 Å². The molecule has 1 fully saturated rings. The highest BCUT2D eigenvalue weighted by Gasteiger charge is 2.24. The maximum absolute atomic E-state index is 12.3. The Kier molecular flexibility index (Phi) is 7.62. The zero-order valence-corrected chi connectivity index (χ0v) is 16.7. The summed E-state index contributed by atoms with van der Waals surface area (Å²) in [7, 11) is 1.89. The van der Waals surface area contributed by atoms with Crippen molar-refractivity contribution in [1.29, 1.82) is 0 Å². The van der Waals surface area contributed by atoms with E-state index in [1.807, 2.05) is 36.2 Å². The maximum atomic E-state index is 12.3. The van der Waals surface area contributed by atoms with Gasteiger partial charge >= 0.3 is 0 Å². The smallest absolute Gasteiger partial charge is 0.234 e. The van der Waals surface area contributed by atoms with E-state index in [4.69, 9.17) is 0 Å². The van der Waals surface area contributed by atoms with Crippen molar-refractivity contribution in [2.24, 2.45) is 5.92 Å². The van der Waals surface area contributed by atoms with Crippen LogP contribution in [0.25, 0.3) is 0 Å². The number of thioether (sulfide) groups is 1. The molecule has 2 rings (SSSR count). The van der Waals surface area contributed by atoms with Crippen molar-refractivity contribution in [3.63, 3.8) is 0 Å². The van der Waals surface area contributed by atoms with Gasteiger partial charge in [-0.1, -0.05) is 28.9 Å². The molecule has 0 aromatic heterocycles. The van der Waals surface area contributed by atoms with Crippen molar-refractivity contribution in [2.75, 3.05) is 23.9 Å². The summed E-state index contributed by atoms with van der Waals surface area (Å²) < 4.78 is 0.923. The van der Waals surface area contributed by atoms with Crippen LogP contribution >= 0.6 is 27.7 Å². The zero-order valence-electron chi connectivity index (χ0n) is 14.3. The van der Waals surface area contributed by atoms with E-state index >= 15 is 0 Å². The molecule has 132 valence electrons. The van der Waals surface area contributed by atoms with Gasteiger partial charge in [-0.05, 0) is 49.8 Å². The number of amides is 2. The Morgan fingerprint density at radius 2 is 1.96 bits per heavy atom. The number of hydrogen-bond donors (Lipinski definition) is 1. The zero-order chi connectivity index (χ0) is 17.5. The summed E-state index contributed by atoms with van der Waals surface area (Å²) in [4.78, 5) is 26.1. The topological polar surface area (TPSA) is 49.4 Å². The minimum Gasteiger partial charge on any atom is -0.342 e. The van der Waals surface area contributed by atoms with E-state index in [9.17, 15) is 9.59 Å². The van der Waals surface area contributed by atoms with E-state index in [1.165, 1.54) is 24.6 Å². The van der Waals surface area contributed by atoms with Gasteiger partial charge in [0.1, 0.15) is 0 Å². The first kappa shape index (κ1) is 19.3. The van der Waals surface area contributed by atoms with Crippen LogP contribution in [-0.4, -0.2) is 41.3 Å². The molecule has 1 aromatic rings. The third kappa shape index (κ3) is 6.13. The van der Waals surface area contributed by atoms with Gasteiger partial charge in [-0.2, -0.15) is 0 Å². The Morgan fingerprint density at radius 1 is 1.25 bits per heavy atom. The van der Waals surface area contributed by atoms with Gasteiger partial charge in [0.2, 0.25) is 11.8 Å². The fraction of sp³-hybridized carbons (Fsp3) is 0.556. The average molecular weight is 413 g/mol. The van der Waals surface area contributed by atoms with E-state index in [2.05, 4.69) is 28.2 Å². The van der Waals surface area contributed by atoms with Crippen LogP contribution in [0.15, 0.2) is 28.7 Å². The molecule has 0 aliphatic heterocycles. The average Bonchev–Trinajstić information content (AvgIpc) is 2.54. The summed E-state index contributed by atoms with van der Waals surface area (Å²) in [5, 5.41) is 2.84. The van der Waals surface area contributed by atoms with Gasteiger partial charge in [-0.3, -0.25) is 9.59 Å². The van der Waals surface area contributed by atoms with Crippen LogP contribution in [0.4, 0.5) is 5.69 Å². The highest BCUT2D eigenvalue weighted by molar-refractivity contribution is 9.10. The number of carbonyl (C=O) groups excluding carboxylic acids is 2. The SMILES string of the molecule is CC1CCC(N(C)C(=O)CSCC(=O)Nc2cccc(Br)c2)CC1. The van der Waals surface area contributed by atoms with Crippen LogP contribution in [0, 0.1) is 5.92 Å². The van der Waals surface area contributed by atoms with Gasteiger partial charge in [0.05, 0.1) is 11.5 Å². The second-order valence-electron chi connectivity index (χ2n) is 6.47. The molecule has 0 spiro atoms. The molecule has 0 bridgehead atoms. The molecule has 1 N–H and O–H groups in total. The molecular weight excluding hydrogens is 388 g/mol. The Balaban J connectivity index is 1.69. The van der Waals surface area contributed by atoms with Crippen LogP contribution in [0.2, 0.25) is 0 Å². The molecule has 2 amide bonds. The number of rotatable bonds is 6. The number of nitrogens with zero attached hydrogens (tertiary/aromatic N) is 1. The van der Waals surface area contributed by atoms with Crippen molar-refractivity contribution in [1.82, 2.24) is 4.90 Å². The first-order chi connectivity index (χ1) is 11.5. The summed E-state index contributed by atoms with van der Waals surface area (Å²) in [6.45, 7) is 2.28. The minimum atomic E-state index is -0.0833. The highest BCUT2D eigenvalue weighted by Crippen LogP contribution is 2.26. The molecule has 1 aliphatic carbocycles. The molecule has 0 unspecified atom stereocenters. The number of benzene rings is 1.